The van der Waals surface area contributed by atoms with Gasteiger partial charge < -0.3 is 5.32 Å². The van der Waals surface area contributed by atoms with Crippen molar-refractivity contribution in [3.63, 3.8) is 0 Å². The predicted molar refractivity (Wildman–Crippen MR) is 105 cm³/mol. The predicted octanol–water partition coefficient (Wildman–Crippen LogP) is 3.65. The summed E-state index contributed by atoms with van der Waals surface area (Å²) in [5.41, 5.74) is 4.73. The van der Waals surface area contributed by atoms with Crippen molar-refractivity contribution < 1.29 is 4.79 Å². The summed E-state index contributed by atoms with van der Waals surface area (Å²) in [6, 6.07) is 25.5. The number of carbonyl (C=O) groups excluding carboxylic acids is 1. The van der Waals surface area contributed by atoms with Gasteiger partial charge in [0, 0.05) is 0 Å². The largest absolute Gasteiger partial charge is 0.330 e. The van der Waals surface area contributed by atoms with Crippen molar-refractivity contribution >= 4 is 16.9 Å². The number of carbonyl (C=O) groups is 1. The van der Waals surface area contributed by atoms with E-state index in [0.29, 0.717) is 6.42 Å². The number of hydrogen-bond donors (Lipinski definition) is 1. The Labute approximate surface area is 157 Å². The lowest BCUT2D eigenvalue weighted by Gasteiger charge is -2.22. The van der Waals surface area contributed by atoms with Crippen LogP contribution in [0.4, 0.5) is 0 Å². The third-order valence-electron chi connectivity index (χ3n) is 4.61. The van der Waals surface area contributed by atoms with E-state index >= 15 is 0 Å². The van der Waals surface area contributed by atoms with Gasteiger partial charge in [-0.15, -0.1) is 5.10 Å². The maximum absolute atomic E-state index is 12.8. The fraction of sp³-hybridized carbons (Fsp3) is 0.136. The second-order valence-corrected chi connectivity index (χ2v) is 6.51. The summed E-state index contributed by atoms with van der Waals surface area (Å²) in [7, 11) is 0. The van der Waals surface area contributed by atoms with Gasteiger partial charge in [-0.2, -0.15) is 0 Å². The summed E-state index contributed by atoms with van der Waals surface area (Å²) in [6.45, 7) is 2.03. The van der Waals surface area contributed by atoms with Gasteiger partial charge in [-0.05, 0) is 35.7 Å². The second kappa shape index (κ2) is 7.41. The van der Waals surface area contributed by atoms with Crippen molar-refractivity contribution in [3.05, 3.63) is 95.6 Å². The number of aryl methyl sites for hydroxylation is 1. The van der Waals surface area contributed by atoms with Gasteiger partial charge in [-0.1, -0.05) is 71.9 Å². The van der Waals surface area contributed by atoms with Crippen LogP contribution < -0.4 is 5.32 Å². The zero-order valence-electron chi connectivity index (χ0n) is 15.0. The number of nitrogens with zero attached hydrogens (tertiary/aromatic N) is 3. The molecule has 0 aliphatic heterocycles. The molecule has 5 heteroatoms. The van der Waals surface area contributed by atoms with E-state index in [0.717, 1.165) is 27.7 Å². The molecule has 0 radical (unpaired) electrons. The van der Waals surface area contributed by atoms with E-state index in [9.17, 15) is 4.79 Å². The van der Waals surface area contributed by atoms with E-state index < -0.39 is 6.17 Å². The molecule has 5 nitrogen and oxygen atoms in total. The van der Waals surface area contributed by atoms with Crippen molar-refractivity contribution in [2.75, 3.05) is 0 Å². The number of fused-ring (bicyclic) bond motifs is 1. The molecule has 1 N–H and O–H groups in total. The highest BCUT2D eigenvalue weighted by Crippen LogP contribution is 2.23. The quantitative estimate of drug-likeness (QED) is 0.594. The van der Waals surface area contributed by atoms with Gasteiger partial charge in [0.1, 0.15) is 5.52 Å². The molecule has 134 valence electrons. The van der Waals surface area contributed by atoms with Crippen molar-refractivity contribution in [1.29, 1.82) is 0 Å². The SMILES string of the molecule is Cc1ccccc1C(NC(=O)Cc1ccccc1)n1nnc2ccccc21. The Kier molecular flexibility index (Phi) is 4.66. The van der Waals surface area contributed by atoms with Crippen LogP contribution in [-0.2, 0) is 11.2 Å². The number of nitrogens with one attached hydrogen (secondary N) is 1. The van der Waals surface area contributed by atoms with Crippen LogP contribution in [0.3, 0.4) is 0 Å². The maximum Gasteiger partial charge on any atom is 0.226 e. The molecule has 4 rings (SSSR count). The van der Waals surface area contributed by atoms with Gasteiger partial charge in [-0.25, -0.2) is 4.68 Å². The van der Waals surface area contributed by atoms with E-state index in [4.69, 9.17) is 0 Å². The summed E-state index contributed by atoms with van der Waals surface area (Å²) >= 11 is 0. The standard InChI is InChI=1S/C22H20N4O/c1-16-9-5-6-12-18(16)22(23-21(27)15-17-10-3-2-4-11-17)26-20-14-8-7-13-19(20)24-25-26/h2-14,22H,15H2,1H3,(H,23,27). The molecule has 4 aromatic rings. The minimum atomic E-state index is -0.421. The molecule has 0 fully saturated rings. The fourth-order valence-electron chi connectivity index (χ4n) is 3.23. The number of hydrogen-bond acceptors (Lipinski definition) is 3. The Bertz CT molecular complexity index is 1070. The maximum atomic E-state index is 12.8. The van der Waals surface area contributed by atoms with Crippen molar-refractivity contribution in [3.8, 4) is 0 Å². The first-order valence-corrected chi connectivity index (χ1v) is 8.91. The molecule has 0 aliphatic carbocycles. The van der Waals surface area contributed by atoms with E-state index in [2.05, 4.69) is 15.6 Å². The number of benzene rings is 3. The van der Waals surface area contributed by atoms with Gasteiger partial charge >= 0.3 is 0 Å². The Morgan fingerprint density at radius 3 is 2.48 bits per heavy atom. The Balaban J connectivity index is 1.71. The smallest absolute Gasteiger partial charge is 0.226 e. The second-order valence-electron chi connectivity index (χ2n) is 6.51. The molecule has 0 aliphatic rings. The molecule has 1 amide bonds. The number of aromatic nitrogens is 3. The summed E-state index contributed by atoms with van der Waals surface area (Å²) in [4.78, 5) is 12.8. The Morgan fingerprint density at radius 2 is 1.67 bits per heavy atom. The van der Waals surface area contributed by atoms with Crippen LogP contribution in [0.5, 0.6) is 0 Å². The third kappa shape index (κ3) is 3.58. The molecule has 0 spiro atoms. The lowest BCUT2D eigenvalue weighted by Crippen LogP contribution is -2.35. The highest BCUT2D eigenvalue weighted by atomic mass is 16.1. The zero-order chi connectivity index (χ0) is 18.6. The van der Waals surface area contributed by atoms with Gasteiger partial charge in [0.15, 0.2) is 6.17 Å². The number of para-hydroxylation sites is 1. The first-order chi connectivity index (χ1) is 13.2. The first-order valence-electron chi connectivity index (χ1n) is 8.91. The summed E-state index contributed by atoms with van der Waals surface area (Å²) in [5, 5.41) is 11.7. The highest BCUT2D eigenvalue weighted by molar-refractivity contribution is 5.80. The number of amides is 1. The summed E-state index contributed by atoms with van der Waals surface area (Å²) in [5.74, 6) is -0.0611. The average Bonchev–Trinajstić information content (AvgIpc) is 3.11. The molecule has 1 atom stereocenters. The summed E-state index contributed by atoms with van der Waals surface area (Å²) < 4.78 is 1.78. The average molecular weight is 356 g/mol. The molecular weight excluding hydrogens is 336 g/mol. The van der Waals surface area contributed by atoms with Gasteiger partial charge in [-0.3, -0.25) is 4.79 Å². The van der Waals surface area contributed by atoms with E-state index in [1.165, 1.54) is 0 Å². The molecule has 3 aromatic carbocycles. The zero-order valence-corrected chi connectivity index (χ0v) is 15.0. The molecule has 1 heterocycles. The highest BCUT2D eigenvalue weighted by Gasteiger charge is 2.21. The van der Waals surface area contributed by atoms with Crippen LogP contribution in [0.2, 0.25) is 0 Å². The summed E-state index contributed by atoms with van der Waals surface area (Å²) in [6.07, 6.45) is -0.106. The van der Waals surface area contributed by atoms with E-state index in [-0.39, 0.29) is 5.91 Å². The minimum Gasteiger partial charge on any atom is -0.330 e. The lowest BCUT2D eigenvalue weighted by molar-refractivity contribution is -0.121. The van der Waals surface area contributed by atoms with Gasteiger partial charge in [0.2, 0.25) is 5.91 Å². The van der Waals surface area contributed by atoms with Gasteiger partial charge in [0.25, 0.3) is 0 Å². The minimum absolute atomic E-state index is 0.0611. The van der Waals surface area contributed by atoms with Crippen molar-refractivity contribution in [2.45, 2.75) is 19.5 Å². The normalized spacial score (nSPS) is 12.0. The molecule has 0 bridgehead atoms. The molecule has 0 saturated carbocycles. The lowest BCUT2D eigenvalue weighted by atomic mass is 10.1. The Hall–Kier alpha value is -3.47. The third-order valence-corrected chi connectivity index (χ3v) is 4.61. The molecule has 1 aromatic heterocycles. The van der Waals surface area contributed by atoms with Crippen molar-refractivity contribution in [2.24, 2.45) is 0 Å². The molecular formula is C22H20N4O. The van der Waals surface area contributed by atoms with Crippen LogP contribution in [0.15, 0.2) is 78.9 Å². The van der Waals surface area contributed by atoms with Crippen LogP contribution in [0.25, 0.3) is 11.0 Å². The van der Waals surface area contributed by atoms with Crippen LogP contribution in [0.1, 0.15) is 22.9 Å². The van der Waals surface area contributed by atoms with Crippen LogP contribution in [0, 0.1) is 6.92 Å². The topological polar surface area (TPSA) is 59.8 Å². The van der Waals surface area contributed by atoms with E-state index in [1.54, 1.807) is 4.68 Å². The van der Waals surface area contributed by atoms with Crippen LogP contribution in [-0.4, -0.2) is 20.9 Å². The Morgan fingerprint density at radius 1 is 0.963 bits per heavy atom. The fourth-order valence-corrected chi connectivity index (χ4v) is 3.23. The number of rotatable bonds is 5. The van der Waals surface area contributed by atoms with Crippen molar-refractivity contribution in [1.82, 2.24) is 20.3 Å². The van der Waals surface area contributed by atoms with E-state index in [1.807, 2.05) is 85.8 Å². The molecule has 1 unspecified atom stereocenters. The van der Waals surface area contributed by atoms with Gasteiger partial charge in [0.05, 0.1) is 11.9 Å². The monoisotopic (exact) mass is 356 g/mol. The van der Waals surface area contributed by atoms with Crippen LogP contribution >= 0.6 is 0 Å². The molecule has 0 saturated heterocycles. The first kappa shape index (κ1) is 17.0. The molecule has 27 heavy (non-hydrogen) atoms.